The van der Waals surface area contributed by atoms with Crippen LogP contribution in [0.1, 0.15) is 6.42 Å². The molecule has 1 atom stereocenters. The Morgan fingerprint density at radius 1 is 1.80 bits per heavy atom. The summed E-state index contributed by atoms with van der Waals surface area (Å²) in [6.07, 6.45) is 6.37. The summed E-state index contributed by atoms with van der Waals surface area (Å²) >= 11 is 9.29. The zero-order chi connectivity index (χ0) is 7.61. The van der Waals surface area contributed by atoms with Crippen LogP contribution in [0.4, 0.5) is 0 Å². The van der Waals surface area contributed by atoms with Gasteiger partial charge in [-0.2, -0.15) is 0 Å². The predicted octanol–water partition coefficient (Wildman–Crippen LogP) is 2.81. The molecule has 1 rings (SSSR count). The van der Waals surface area contributed by atoms with Crippen molar-refractivity contribution < 1.29 is 4.74 Å². The fourth-order valence-corrected chi connectivity index (χ4v) is 1.42. The van der Waals surface area contributed by atoms with E-state index < -0.39 is 3.78 Å². The highest BCUT2D eigenvalue weighted by Gasteiger charge is 2.23. The van der Waals surface area contributed by atoms with Gasteiger partial charge in [0.25, 0.3) is 0 Å². The summed E-state index contributed by atoms with van der Waals surface area (Å²) in [5.74, 6) is 0.898. The van der Waals surface area contributed by atoms with Crippen LogP contribution in [0.3, 0.4) is 0 Å². The number of allylic oxidation sites excluding steroid dienone is 4. The third-order valence-electron chi connectivity index (χ3n) is 1.29. The number of methoxy groups -OCH3 is 1. The summed E-state index contributed by atoms with van der Waals surface area (Å²) in [5, 5.41) is 0. The summed E-state index contributed by atoms with van der Waals surface area (Å²) in [6.45, 7) is 0. The van der Waals surface area contributed by atoms with Gasteiger partial charge in [0, 0.05) is 6.42 Å². The highest BCUT2D eigenvalue weighted by Crippen LogP contribution is 2.35. The van der Waals surface area contributed by atoms with Crippen LogP contribution in [-0.4, -0.2) is 10.9 Å². The maximum atomic E-state index is 5.95. The number of alkyl halides is 2. The van der Waals surface area contributed by atoms with Gasteiger partial charge in [-0.3, -0.25) is 0 Å². The topological polar surface area (TPSA) is 9.23 Å². The highest BCUT2D eigenvalue weighted by molar-refractivity contribution is 9.10. The molecule has 0 spiro atoms. The molecule has 1 aliphatic carbocycles. The first-order valence-corrected chi connectivity index (χ1v) is 4.11. The molecule has 0 radical (unpaired) electrons. The maximum Gasteiger partial charge on any atom is 0.124 e. The van der Waals surface area contributed by atoms with Gasteiger partial charge in [0.1, 0.15) is 3.78 Å². The molecule has 0 heterocycles. The molecule has 1 nitrogen and oxygen atoms in total. The Labute approximate surface area is 73.8 Å². The summed E-state index contributed by atoms with van der Waals surface area (Å²) in [6, 6.07) is 0. The number of hydrogen-bond acceptors (Lipinski definition) is 1. The van der Waals surface area contributed by atoms with E-state index in [9.17, 15) is 0 Å². The van der Waals surface area contributed by atoms with Crippen molar-refractivity contribution in [3.05, 3.63) is 24.0 Å². The third kappa shape index (κ3) is 2.03. The van der Waals surface area contributed by atoms with E-state index in [0.29, 0.717) is 6.42 Å². The van der Waals surface area contributed by atoms with E-state index in [0.717, 1.165) is 5.76 Å². The third-order valence-corrected chi connectivity index (χ3v) is 2.10. The molecular formula is C7H8BrClO. The lowest BCUT2D eigenvalue weighted by molar-refractivity contribution is 0.276. The Morgan fingerprint density at radius 2 is 2.50 bits per heavy atom. The fourth-order valence-electron chi connectivity index (χ4n) is 0.787. The molecule has 56 valence electrons. The van der Waals surface area contributed by atoms with Crippen LogP contribution in [0, 0.1) is 0 Å². The van der Waals surface area contributed by atoms with Crippen molar-refractivity contribution >= 4 is 27.5 Å². The molecule has 0 aliphatic heterocycles. The van der Waals surface area contributed by atoms with E-state index in [2.05, 4.69) is 15.9 Å². The van der Waals surface area contributed by atoms with Gasteiger partial charge in [-0.05, 0) is 6.08 Å². The number of hydrogen-bond donors (Lipinski definition) is 0. The second kappa shape index (κ2) is 2.97. The van der Waals surface area contributed by atoms with Crippen LogP contribution in [0.15, 0.2) is 24.0 Å². The SMILES string of the molecule is COC1=CC=CC(Cl)(Br)C1. The Hall–Kier alpha value is 0.0500. The largest absolute Gasteiger partial charge is 0.501 e. The highest BCUT2D eigenvalue weighted by atomic mass is 79.9. The molecule has 1 unspecified atom stereocenters. The average molecular weight is 223 g/mol. The number of ether oxygens (including phenoxy) is 1. The van der Waals surface area contributed by atoms with Gasteiger partial charge in [-0.1, -0.05) is 28.1 Å². The minimum absolute atomic E-state index is 0.437. The van der Waals surface area contributed by atoms with Gasteiger partial charge < -0.3 is 4.74 Å². The molecule has 1 aliphatic rings. The lowest BCUT2D eigenvalue weighted by Gasteiger charge is -2.19. The van der Waals surface area contributed by atoms with Crippen LogP contribution in [0.5, 0.6) is 0 Å². The second-order valence-corrected chi connectivity index (χ2v) is 4.68. The van der Waals surface area contributed by atoms with Gasteiger partial charge in [0.15, 0.2) is 0 Å². The van der Waals surface area contributed by atoms with Gasteiger partial charge in [0.2, 0.25) is 0 Å². The molecule has 0 N–H and O–H groups in total. The van der Waals surface area contributed by atoms with Crippen LogP contribution in [0.2, 0.25) is 0 Å². The summed E-state index contributed by atoms with van der Waals surface area (Å²) in [7, 11) is 1.64. The lowest BCUT2D eigenvalue weighted by Crippen LogP contribution is -2.12. The summed E-state index contributed by atoms with van der Waals surface area (Å²) < 4.78 is 4.58. The molecule has 10 heavy (non-hydrogen) atoms. The van der Waals surface area contributed by atoms with Crippen LogP contribution in [-0.2, 0) is 4.74 Å². The van der Waals surface area contributed by atoms with Gasteiger partial charge in [0.05, 0.1) is 12.9 Å². The zero-order valence-corrected chi connectivity index (χ0v) is 7.95. The van der Waals surface area contributed by atoms with E-state index in [-0.39, 0.29) is 0 Å². The van der Waals surface area contributed by atoms with Crippen LogP contribution >= 0.6 is 27.5 Å². The molecule has 0 aromatic heterocycles. The molecule has 0 aromatic rings. The fraction of sp³-hybridized carbons (Fsp3) is 0.429. The van der Waals surface area contributed by atoms with Crippen molar-refractivity contribution in [1.82, 2.24) is 0 Å². The summed E-state index contributed by atoms with van der Waals surface area (Å²) in [5.41, 5.74) is 0. The molecule has 3 heteroatoms. The smallest absolute Gasteiger partial charge is 0.124 e. The van der Waals surface area contributed by atoms with E-state index in [1.807, 2.05) is 18.2 Å². The van der Waals surface area contributed by atoms with Gasteiger partial charge in [-0.15, -0.1) is 11.6 Å². The van der Waals surface area contributed by atoms with E-state index in [1.54, 1.807) is 7.11 Å². The molecule has 0 saturated heterocycles. The zero-order valence-electron chi connectivity index (χ0n) is 5.60. The Kier molecular flexibility index (Phi) is 2.42. The minimum atomic E-state index is -0.437. The number of halogens is 2. The first kappa shape index (κ1) is 8.15. The van der Waals surface area contributed by atoms with Gasteiger partial charge in [-0.25, -0.2) is 0 Å². The number of rotatable bonds is 1. The van der Waals surface area contributed by atoms with Crippen LogP contribution in [0.25, 0.3) is 0 Å². The Balaban J connectivity index is 2.68. The van der Waals surface area contributed by atoms with E-state index >= 15 is 0 Å². The normalized spacial score (nSPS) is 31.7. The minimum Gasteiger partial charge on any atom is -0.501 e. The molecule has 0 amide bonds. The van der Waals surface area contributed by atoms with Crippen molar-refractivity contribution in [1.29, 1.82) is 0 Å². The summed E-state index contributed by atoms with van der Waals surface area (Å²) in [4.78, 5) is 0. The van der Waals surface area contributed by atoms with Crippen LogP contribution < -0.4 is 0 Å². The molecule has 0 fully saturated rings. The van der Waals surface area contributed by atoms with E-state index in [1.165, 1.54) is 0 Å². The first-order valence-electron chi connectivity index (χ1n) is 2.94. The lowest BCUT2D eigenvalue weighted by atomic mass is 10.1. The molecule has 0 bridgehead atoms. The quantitative estimate of drug-likeness (QED) is 0.621. The van der Waals surface area contributed by atoms with Crippen molar-refractivity contribution in [2.75, 3.05) is 7.11 Å². The maximum absolute atomic E-state index is 5.95. The Bertz CT molecular complexity index is 184. The average Bonchev–Trinajstić information content (AvgIpc) is 1.86. The molecule has 0 saturated carbocycles. The van der Waals surface area contributed by atoms with Crippen molar-refractivity contribution in [2.24, 2.45) is 0 Å². The first-order chi connectivity index (χ1) is 4.64. The predicted molar refractivity (Wildman–Crippen MR) is 46.4 cm³/mol. The van der Waals surface area contributed by atoms with Gasteiger partial charge >= 0.3 is 0 Å². The van der Waals surface area contributed by atoms with Crippen molar-refractivity contribution in [3.8, 4) is 0 Å². The molecular weight excluding hydrogens is 215 g/mol. The van der Waals surface area contributed by atoms with Crippen molar-refractivity contribution in [2.45, 2.75) is 10.2 Å². The second-order valence-electron chi connectivity index (χ2n) is 2.13. The van der Waals surface area contributed by atoms with Crippen molar-refractivity contribution in [3.63, 3.8) is 0 Å². The Morgan fingerprint density at radius 3 is 2.90 bits per heavy atom. The molecule has 0 aromatic carbocycles. The van der Waals surface area contributed by atoms with E-state index in [4.69, 9.17) is 16.3 Å². The standard InChI is InChI=1S/C7H8BrClO/c1-10-6-3-2-4-7(8,9)5-6/h2-4H,5H2,1H3. The monoisotopic (exact) mass is 222 g/mol.